The highest BCUT2D eigenvalue weighted by Gasteiger charge is 2.52. The third-order valence-electron chi connectivity index (χ3n) is 6.28. The van der Waals surface area contributed by atoms with Gasteiger partial charge in [-0.15, -0.1) is 11.3 Å². The molecule has 5 rings (SSSR count). The SMILES string of the molecule is CC(NCc1cc(Br)c(Br)s1)C12CC3CC(CC(C3)C1)C2. The van der Waals surface area contributed by atoms with Gasteiger partial charge in [0, 0.05) is 21.9 Å². The van der Waals surface area contributed by atoms with Crippen molar-refractivity contribution < 1.29 is 0 Å². The molecule has 0 aliphatic heterocycles. The van der Waals surface area contributed by atoms with E-state index in [4.69, 9.17) is 0 Å². The molecule has 0 aromatic carbocycles. The Kier molecular flexibility index (Phi) is 4.05. The van der Waals surface area contributed by atoms with Gasteiger partial charge in [0.2, 0.25) is 0 Å². The number of hydrogen-bond donors (Lipinski definition) is 1. The lowest BCUT2D eigenvalue weighted by atomic mass is 9.48. The Balaban J connectivity index is 1.44. The lowest BCUT2D eigenvalue weighted by molar-refractivity contribution is -0.0706. The molecule has 4 bridgehead atoms. The van der Waals surface area contributed by atoms with Gasteiger partial charge in [0.25, 0.3) is 0 Å². The molecule has 0 saturated heterocycles. The third-order valence-corrected chi connectivity index (χ3v) is 9.54. The van der Waals surface area contributed by atoms with Crippen LogP contribution in [0.25, 0.3) is 0 Å². The van der Waals surface area contributed by atoms with Crippen molar-refractivity contribution in [1.29, 1.82) is 0 Å². The first-order valence-electron chi connectivity index (χ1n) is 8.21. The number of rotatable bonds is 4. The van der Waals surface area contributed by atoms with Crippen molar-refractivity contribution in [3.05, 3.63) is 19.2 Å². The van der Waals surface area contributed by atoms with Crippen molar-refractivity contribution in [2.24, 2.45) is 23.2 Å². The minimum absolute atomic E-state index is 0.612. The number of thiophene rings is 1. The Hall–Kier alpha value is 0.620. The van der Waals surface area contributed by atoms with Gasteiger partial charge in [0.1, 0.15) is 0 Å². The molecular weight excluding hydrogens is 410 g/mol. The molecular formula is C17H23Br2NS. The highest BCUT2D eigenvalue weighted by atomic mass is 79.9. The average molecular weight is 433 g/mol. The standard InChI is InChI=1S/C17H23Br2NS/c1-10(20-9-14-5-15(18)16(19)21-14)17-6-11-2-12(7-17)4-13(3-11)8-17/h5,10-13,20H,2-4,6-9H2,1H3. The predicted molar refractivity (Wildman–Crippen MR) is 96.6 cm³/mol. The van der Waals surface area contributed by atoms with Crippen LogP contribution in [-0.2, 0) is 6.54 Å². The van der Waals surface area contributed by atoms with Crippen LogP contribution in [-0.4, -0.2) is 6.04 Å². The Bertz CT molecular complexity index is 484. The van der Waals surface area contributed by atoms with Crippen molar-refractivity contribution in [2.45, 2.75) is 58.0 Å². The smallest absolute Gasteiger partial charge is 0.0843 e. The van der Waals surface area contributed by atoms with Gasteiger partial charge in [-0.2, -0.15) is 0 Å². The molecule has 4 aliphatic carbocycles. The topological polar surface area (TPSA) is 12.0 Å². The molecule has 4 fully saturated rings. The van der Waals surface area contributed by atoms with E-state index in [-0.39, 0.29) is 0 Å². The van der Waals surface area contributed by atoms with E-state index in [0.717, 1.165) is 24.3 Å². The second-order valence-electron chi connectivity index (χ2n) is 7.72. The summed E-state index contributed by atoms with van der Waals surface area (Å²) in [6, 6.07) is 2.90. The second kappa shape index (κ2) is 5.61. The zero-order valence-corrected chi connectivity index (χ0v) is 16.5. The second-order valence-corrected chi connectivity index (χ2v) is 11.0. The highest BCUT2D eigenvalue weighted by molar-refractivity contribution is 9.13. The lowest BCUT2D eigenvalue weighted by Gasteiger charge is -2.59. The molecule has 0 amide bonds. The maximum atomic E-state index is 3.87. The molecule has 4 heteroatoms. The summed E-state index contributed by atoms with van der Waals surface area (Å²) in [6.45, 7) is 3.46. The van der Waals surface area contributed by atoms with Crippen LogP contribution in [0.3, 0.4) is 0 Å². The lowest BCUT2D eigenvalue weighted by Crippen LogP contribution is -2.54. The van der Waals surface area contributed by atoms with Gasteiger partial charge >= 0.3 is 0 Å². The van der Waals surface area contributed by atoms with Crippen LogP contribution >= 0.6 is 43.2 Å². The van der Waals surface area contributed by atoms with Crippen LogP contribution < -0.4 is 5.32 Å². The average Bonchev–Trinajstić information content (AvgIpc) is 2.73. The van der Waals surface area contributed by atoms with E-state index < -0.39 is 0 Å². The summed E-state index contributed by atoms with van der Waals surface area (Å²) in [5.74, 6) is 3.14. The Morgan fingerprint density at radius 1 is 1.19 bits per heavy atom. The van der Waals surface area contributed by atoms with Crippen molar-refractivity contribution in [3.8, 4) is 0 Å². The molecule has 0 radical (unpaired) electrons. The Morgan fingerprint density at radius 3 is 2.24 bits per heavy atom. The van der Waals surface area contributed by atoms with Crippen LogP contribution in [0.5, 0.6) is 0 Å². The fourth-order valence-corrected chi connectivity index (χ4v) is 7.78. The van der Waals surface area contributed by atoms with Gasteiger partial charge in [-0.25, -0.2) is 0 Å². The summed E-state index contributed by atoms with van der Waals surface area (Å²) < 4.78 is 2.40. The van der Waals surface area contributed by atoms with E-state index in [2.05, 4.69) is 50.2 Å². The van der Waals surface area contributed by atoms with Crippen LogP contribution in [0.15, 0.2) is 14.3 Å². The molecule has 1 heterocycles. The largest absolute Gasteiger partial charge is 0.309 e. The molecule has 4 saturated carbocycles. The van der Waals surface area contributed by atoms with Gasteiger partial charge in [-0.05, 0) is 107 Å². The summed E-state index contributed by atoms with van der Waals surface area (Å²) in [4.78, 5) is 1.42. The zero-order valence-electron chi connectivity index (χ0n) is 12.5. The molecule has 116 valence electrons. The van der Waals surface area contributed by atoms with Gasteiger partial charge in [0.15, 0.2) is 0 Å². The van der Waals surface area contributed by atoms with Crippen molar-refractivity contribution >= 4 is 43.2 Å². The van der Waals surface area contributed by atoms with Crippen molar-refractivity contribution in [2.75, 3.05) is 0 Å². The summed E-state index contributed by atoms with van der Waals surface area (Å²) in [5, 5.41) is 3.87. The summed E-state index contributed by atoms with van der Waals surface area (Å²) in [5.41, 5.74) is 0.612. The first-order valence-corrected chi connectivity index (χ1v) is 10.6. The summed E-state index contributed by atoms with van der Waals surface area (Å²) in [6.07, 6.45) is 9.09. The van der Waals surface area contributed by atoms with E-state index in [1.807, 2.05) is 11.3 Å². The summed E-state index contributed by atoms with van der Waals surface area (Å²) >= 11 is 9.03. The van der Waals surface area contributed by atoms with Crippen LogP contribution in [0.2, 0.25) is 0 Å². The first-order chi connectivity index (χ1) is 10.0. The number of hydrogen-bond acceptors (Lipinski definition) is 2. The third kappa shape index (κ3) is 2.79. The van der Waals surface area contributed by atoms with Gasteiger partial charge in [0.05, 0.1) is 3.79 Å². The normalized spacial score (nSPS) is 38.9. The fourth-order valence-electron chi connectivity index (χ4n) is 5.66. The maximum Gasteiger partial charge on any atom is 0.0843 e. The van der Waals surface area contributed by atoms with E-state index >= 15 is 0 Å². The van der Waals surface area contributed by atoms with Crippen LogP contribution in [0.1, 0.15) is 50.3 Å². The molecule has 1 atom stereocenters. The first kappa shape index (κ1) is 15.2. The van der Waals surface area contributed by atoms with Crippen molar-refractivity contribution in [1.82, 2.24) is 5.32 Å². The van der Waals surface area contributed by atoms with Gasteiger partial charge in [-0.1, -0.05) is 0 Å². The van der Waals surface area contributed by atoms with Crippen LogP contribution in [0.4, 0.5) is 0 Å². The Labute approximate surface area is 148 Å². The minimum Gasteiger partial charge on any atom is -0.309 e. The Morgan fingerprint density at radius 2 is 1.76 bits per heavy atom. The highest BCUT2D eigenvalue weighted by Crippen LogP contribution is 2.61. The zero-order chi connectivity index (χ0) is 14.6. The van der Waals surface area contributed by atoms with Gasteiger partial charge < -0.3 is 5.32 Å². The number of halogens is 2. The molecule has 1 unspecified atom stereocenters. The minimum atomic E-state index is 0.612. The molecule has 1 N–H and O–H groups in total. The van der Waals surface area contributed by atoms with E-state index in [1.165, 1.54) is 51.7 Å². The number of nitrogens with one attached hydrogen (secondary N) is 1. The predicted octanol–water partition coefficient (Wildman–Crippen LogP) is 5.97. The molecule has 0 spiro atoms. The molecule has 21 heavy (non-hydrogen) atoms. The van der Waals surface area contributed by atoms with Crippen LogP contribution in [0, 0.1) is 23.2 Å². The van der Waals surface area contributed by atoms with E-state index in [9.17, 15) is 0 Å². The fraction of sp³-hybridized carbons (Fsp3) is 0.765. The molecule has 1 nitrogen and oxygen atoms in total. The maximum absolute atomic E-state index is 3.87. The van der Waals surface area contributed by atoms with E-state index in [1.54, 1.807) is 0 Å². The molecule has 1 aromatic rings. The van der Waals surface area contributed by atoms with Crippen molar-refractivity contribution in [3.63, 3.8) is 0 Å². The van der Waals surface area contributed by atoms with Gasteiger partial charge in [-0.3, -0.25) is 0 Å². The molecule has 1 aromatic heterocycles. The van der Waals surface area contributed by atoms with E-state index in [0.29, 0.717) is 11.5 Å². The molecule has 4 aliphatic rings. The summed E-state index contributed by atoms with van der Waals surface area (Å²) in [7, 11) is 0. The monoisotopic (exact) mass is 431 g/mol. The quantitative estimate of drug-likeness (QED) is 0.617.